The van der Waals surface area contributed by atoms with Crippen LogP contribution in [-0.2, 0) is 12.3 Å². The summed E-state index contributed by atoms with van der Waals surface area (Å²) in [5.41, 5.74) is 0. The monoisotopic (exact) mass is 281 g/mol. The molecule has 18 heavy (non-hydrogen) atoms. The molecule has 0 aliphatic carbocycles. The zero-order valence-electron chi connectivity index (χ0n) is 10.3. The molecule has 0 fully saturated rings. The number of halogens is 1. The highest BCUT2D eigenvalue weighted by atomic mass is 35.5. The Morgan fingerprint density at radius 3 is 2.56 bits per heavy atom. The number of furan rings is 1. The van der Waals surface area contributed by atoms with Crippen LogP contribution >= 0.6 is 23.4 Å². The Labute approximate surface area is 117 Å². The molecular formula is C14H16ClNOS. The molecule has 1 heterocycles. The maximum atomic E-state index is 5.85. The summed E-state index contributed by atoms with van der Waals surface area (Å²) in [6, 6.07) is 11.9. The van der Waals surface area contributed by atoms with Gasteiger partial charge in [0.1, 0.15) is 11.5 Å². The lowest BCUT2D eigenvalue weighted by atomic mass is 10.4. The van der Waals surface area contributed by atoms with E-state index in [2.05, 4.69) is 12.2 Å². The van der Waals surface area contributed by atoms with E-state index in [9.17, 15) is 0 Å². The molecule has 1 N–H and O–H groups in total. The summed E-state index contributed by atoms with van der Waals surface area (Å²) in [4.78, 5) is 1.20. The van der Waals surface area contributed by atoms with E-state index in [-0.39, 0.29) is 0 Å². The summed E-state index contributed by atoms with van der Waals surface area (Å²) < 4.78 is 5.72. The molecule has 0 unspecified atom stereocenters. The van der Waals surface area contributed by atoms with Crippen LogP contribution in [0.5, 0.6) is 0 Å². The van der Waals surface area contributed by atoms with Crippen LogP contribution in [0.3, 0.4) is 0 Å². The molecule has 1 aromatic carbocycles. The number of benzene rings is 1. The smallest absolute Gasteiger partial charge is 0.117 e. The first-order valence-electron chi connectivity index (χ1n) is 5.94. The Hall–Kier alpha value is -0.900. The van der Waals surface area contributed by atoms with Crippen molar-refractivity contribution >= 4 is 23.4 Å². The second kappa shape index (κ2) is 6.88. The van der Waals surface area contributed by atoms with E-state index < -0.39 is 0 Å². The number of rotatable bonds is 6. The fourth-order valence-corrected chi connectivity index (χ4v) is 2.45. The topological polar surface area (TPSA) is 25.2 Å². The maximum Gasteiger partial charge on any atom is 0.117 e. The van der Waals surface area contributed by atoms with E-state index in [1.54, 1.807) is 11.8 Å². The summed E-state index contributed by atoms with van der Waals surface area (Å²) in [6.07, 6.45) is 0. The Morgan fingerprint density at radius 2 is 1.83 bits per heavy atom. The highest BCUT2D eigenvalue weighted by Crippen LogP contribution is 2.25. The minimum absolute atomic E-state index is 0.769. The van der Waals surface area contributed by atoms with Gasteiger partial charge in [-0.15, -0.1) is 11.8 Å². The lowest BCUT2D eigenvalue weighted by Gasteiger charge is -2.00. The van der Waals surface area contributed by atoms with Crippen LogP contribution in [0, 0.1) is 0 Å². The van der Waals surface area contributed by atoms with Crippen LogP contribution in [0.4, 0.5) is 0 Å². The molecule has 0 spiro atoms. The van der Waals surface area contributed by atoms with Crippen molar-refractivity contribution < 1.29 is 4.42 Å². The number of nitrogens with one attached hydrogen (secondary N) is 1. The zero-order valence-corrected chi connectivity index (χ0v) is 11.9. The molecule has 0 bridgehead atoms. The van der Waals surface area contributed by atoms with Crippen molar-refractivity contribution in [2.24, 2.45) is 0 Å². The summed E-state index contributed by atoms with van der Waals surface area (Å²) >= 11 is 7.59. The summed E-state index contributed by atoms with van der Waals surface area (Å²) in [5.74, 6) is 2.83. The molecule has 0 radical (unpaired) electrons. The predicted molar refractivity (Wildman–Crippen MR) is 77.1 cm³/mol. The molecule has 0 saturated carbocycles. The summed E-state index contributed by atoms with van der Waals surface area (Å²) in [6.45, 7) is 3.83. The average molecular weight is 282 g/mol. The molecule has 4 heteroatoms. The highest BCUT2D eigenvalue weighted by Gasteiger charge is 2.02. The summed E-state index contributed by atoms with van der Waals surface area (Å²) in [7, 11) is 0. The molecular weight excluding hydrogens is 266 g/mol. The van der Waals surface area contributed by atoms with Crippen molar-refractivity contribution in [3.05, 3.63) is 52.9 Å². The second-order valence-electron chi connectivity index (χ2n) is 3.89. The average Bonchev–Trinajstić information content (AvgIpc) is 2.84. The van der Waals surface area contributed by atoms with Crippen molar-refractivity contribution in [1.82, 2.24) is 5.32 Å². The molecule has 1 aromatic heterocycles. The normalized spacial score (nSPS) is 10.8. The van der Waals surface area contributed by atoms with Crippen LogP contribution < -0.4 is 5.32 Å². The van der Waals surface area contributed by atoms with Gasteiger partial charge >= 0.3 is 0 Å². The third-order valence-corrected chi connectivity index (χ3v) is 3.75. The number of hydrogen-bond donors (Lipinski definition) is 1. The van der Waals surface area contributed by atoms with Crippen molar-refractivity contribution in [2.75, 3.05) is 6.54 Å². The van der Waals surface area contributed by atoms with Gasteiger partial charge in [0.2, 0.25) is 0 Å². The van der Waals surface area contributed by atoms with E-state index in [0.717, 1.165) is 35.4 Å². The van der Waals surface area contributed by atoms with E-state index >= 15 is 0 Å². The first-order valence-corrected chi connectivity index (χ1v) is 7.31. The highest BCUT2D eigenvalue weighted by molar-refractivity contribution is 7.98. The van der Waals surface area contributed by atoms with E-state index in [1.165, 1.54) is 4.90 Å². The van der Waals surface area contributed by atoms with Crippen LogP contribution in [0.25, 0.3) is 0 Å². The van der Waals surface area contributed by atoms with Gasteiger partial charge in [-0.3, -0.25) is 0 Å². The van der Waals surface area contributed by atoms with Crippen LogP contribution in [0.1, 0.15) is 18.4 Å². The molecule has 0 amide bonds. The van der Waals surface area contributed by atoms with Crippen LogP contribution in [0.2, 0.25) is 5.02 Å². The Kier molecular flexibility index (Phi) is 5.17. The SMILES string of the molecule is CCNCc1ccc(CSc2ccc(Cl)cc2)o1. The van der Waals surface area contributed by atoms with Gasteiger partial charge in [-0.1, -0.05) is 18.5 Å². The van der Waals surface area contributed by atoms with Crippen molar-refractivity contribution in [1.29, 1.82) is 0 Å². The number of hydrogen-bond acceptors (Lipinski definition) is 3. The van der Waals surface area contributed by atoms with Gasteiger partial charge < -0.3 is 9.73 Å². The molecule has 0 aliphatic heterocycles. The van der Waals surface area contributed by atoms with E-state index in [4.69, 9.17) is 16.0 Å². The van der Waals surface area contributed by atoms with Gasteiger partial charge in [-0.2, -0.15) is 0 Å². The second-order valence-corrected chi connectivity index (χ2v) is 5.38. The van der Waals surface area contributed by atoms with Gasteiger partial charge in [0.05, 0.1) is 12.3 Å². The van der Waals surface area contributed by atoms with Gasteiger partial charge in [0, 0.05) is 9.92 Å². The molecule has 2 nitrogen and oxygen atoms in total. The molecule has 2 rings (SSSR count). The van der Waals surface area contributed by atoms with E-state index in [0.29, 0.717) is 0 Å². The molecule has 2 aromatic rings. The third-order valence-electron chi connectivity index (χ3n) is 2.46. The Morgan fingerprint density at radius 1 is 1.11 bits per heavy atom. The molecule has 0 atom stereocenters. The van der Waals surface area contributed by atoms with Crippen molar-refractivity contribution in [2.45, 2.75) is 24.1 Å². The van der Waals surface area contributed by atoms with Gasteiger partial charge in [0.25, 0.3) is 0 Å². The fourth-order valence-electron chi connectivity index (χ4n) is 1.53. The first-order chi connectivity index (χ1) is 8.78. The van der Waals surface area contributed by atoms with Crippen molar-refractivity contribution in [3.63, 3.8) is 0 Å². The fraction of sp³-hybridized carbons (Fsp3) is 0.286. The number of thioether (sulfide) groups is 1. The van der Waals surface area contributed by atoms with Crippen molar-refractivity contribution in [3.8, 4) is 0 Å². The molecule has 0 saturated heterocycles. The van der Waals surface area contributed by atoms with Gasteiger partial charge in [-0.25, -0.2) is 0 Å². The molecule has 0 aliphatic rings. The minimum atomic E-state index is 0.769. The van der Waals surface area contributed by atoms with E-state index in [1.807, 2.05) is 36.4 Å². The first kappa shape index (κ1) is 13.5. The molecule has 96 valence electrons. The Bertz CT molecular complexity index is 481. The lowest BCUT2D eigenvalue weighted by Crippen LogP contribution is -2.10. The quantitative estimate of drug-likeness (QED) is 0.798. The van der Waals surface area contributed by atoms with Gasteiger partial charge in [-0.05, 0) is 42.9 Å². The zero-order chi connectivity index (χ0) is 12.8. The maximum absolute atomic E-state index is 5.85. The third kappa shape index (κ3) is 4.09. The standard InChI is InChI=1S/C14H16ClNOS/c1-2-16-9-12-5-6-13(17-12)10-18-14-7-3-11(15)4-8-14/h3-8,16H,2,9-10H2,1H3. The van der Waals surface area contributed by atoms with Crippen LogP contribution in [0.15, 0.2) is 45.7 Å². The van der Waals surface area contributed by atoms with Crippen LogP contribution in [-0.4, -0.2) is 6.54 Å². The predicted octanol–water partition coefficient (Wildman–Crippen LogP) is 4.33. The lowest BCUT2D eigenvalue weighted by molar-refractivity contribution is 0.463. The minimum Gasteiger partial charge on any atom is -0.464 e. The summed E-state index contributed by atoms with van der Waals surface area (Å²) in [5, 5.41) is 4.01. The largest absolute Gasteiger partial charge is 0.464 e. The van der Waals surface area contributed by atoms with Gasteiger partial charge in [0.15, 0.2) is 0 Å². The Balaban J connectivity index is 1.86.